The minimum atomic E-state index is -0.291. The number of allylic oxidation sites excluding steroid dienone is 2. The van der Waals surface area contributed by atoms with E-state index in [1.54, 1.807) is 11.3 Å². The van der Waals surface area contributed by atoms with Crippen molar-refractivity contribution in [3.63, 3.8) is 0 Å². The fraction of sp³-hybridized carbons (Fsp3) is 0.429. The number of thiazole rings is 1. The Balaban J connectivity index is 1.99. The number of nitrogens with zero attached hydrogens (tertiary/aromatic N) is 1. The number of fused-ring (bicyclic) bond motifs is 1. The first-order chi connectivity index (χ1) is 11.7. The molecule has 0 spiro atoms. The van der Waals surface area contributed by atoms with Gasteiger partial charge >= 0.3 is 0 Å². The SMILES string of the molecule is CCC1CC(=O)C2=C(Cc3ncsc3C2(CC)c2ccccc2)C1. The van der Waals surface area contributed by atoms with Gasteiger partial charge in [-0.1, -0.05) is 56.2 Å². The number of carbonyl (C=O) groups excluding carboxylic acids is 1. The molecule has 0 aliphatic heterocycles. The van der Waals surface area contributed by atoms with Gasteiger partial charge in [-0.05, 0) is 24.3 Å². The lowest BCUT2D eigenvalue weighted by atomic mass is 9.61. The van der Waals surface area contributed by atoms with Crippen LogP contribution in [0.2, 0.25) is 0 Å². The molecule has 24 heavy (non-hydrogen) atoms. The van der Waals surface area contributed by atoms with E-state index in [0.717, 1.165) is 31.3 Å². The van der Waals surface area contributed by atoms with Crippen LogP contribution in [0.5, 0.6) is 0 Å². The highest BCUT2D eigenvalue weighted by molar-refractivity contribution is 7.10. The molecule has 0 radical (unpaired) electrons. The maximum atomic E-state index is 13.2. The van der Waals surface area contributed by atoms with Crippen LogP contribution in [0.1, 0.15) is 55.7 Å². The summed E-state index contributed by atoms with van der Waals surface area (Å²) in [6.07, 6.45) is 4.62. The van der Waals surface area contributed by atoms with Crippen LogP contribution < -0.4 is 0 Å². The van der Waals surface area contributed by atoms with E-state index in [1.165, 1.54) is 21.7 Å². The average molecular weight is 337 g/mol. The highest BCUT2D eigenvalue weighted by atomic mass is 32.1. The lowest BCUT2D eigenvalue weighted by molar-refractivity contribution is -0.117. The van der Waals surface area contributed by atoms with E-state index >= 15 is 0 Å². The largest absolute Gasteiger partial charge is 0.294 e. The van der Waals surface area contributed by atoms with Crippen LogP contribution in [-0.2, 0) is 16.6 Å². The van der Waals surface area contributed by atoms with Gasteiger partial charge < -0.3 is 0 Å². The average Bonchev–Trinajstić information content (AvgIpc) is 3.09. The molecule has 4 rings (SSSR count). The van der Waals surface area contributed by atoms with E-state index in [4.69, 9.17) is 0 Å². The Hall–Kier alpha value is -1.74. The van der Waals surface area contributed by atoms with Crippen molar-refractivity contribution in [2.75, 3.05) is 0 Å². The second-order valence-electron chi connectivity index (χ2n) is 7.01. The predicted molar refractivity (Wildman–Crippen MR) is 98.4 cm³/mol. The summed E-state index contributed by atoms with van der Waals surface area (Å²) in [5, 5.41) is 0. The molecule has 2 aliphatic rings. The summed E-state index contributed by atoms with van der Waals surface area (Å²) in [5.74, 6) is 0.870. The fourth-order valence-electron chi connectivity index (χ4n) is 4.67. The molecule has 2 aromatic rings. The summed E-state index contributed by atoms with van der Waals surface area (Å²) in [7, 11) is 0. The minimum Gasteiger partial charge on any atom is -0.294 e. The van der Waals surface area contributed by atoms with E-state index in [0.29, 0.717) is 18.1 Å². The fourth-order valence-corrected chi connectivity index (χ4v) is 5.78. The van der Waals surface area contributed by atoms with Gasteiger partial charge in [0.1, 0.15) is 0 Å². The Morgan fingerprint density at radius 3 is 2.71 bits per heavy atom. The van der Waals surface area contributed by atoms with E-state index in [1.807, 2.05) is 11.6 Å². The molecule has 1 aromatic heterocycles. The summed E-state index contributed by atoms with van der Waals surface area (Å²) in [6, 6.07) is 10.6. The first-order valence-electron chi connectivity index (χ1n) is 8.94. The van der Waals surface area contributed by atoms with Crippen molar-refractivity contribution in [3.05, 3.63) is 63.1 Å². The Morgan fingerprint density at radius 1 is 1.21 bits per heavy atom. The van der Waals surface area contributed by atoms with Crippen LogP contribution in [0, 0.1) is 5.92 Å². The Bertz CT molecular complexity index is 804. The highest BCUT2D eigenvalue weighted by Crippen LogP contribution is 2.53. The van der Waals surface area contributed by atoms with E-state index in [-0.39, 0.29) is 5.41 Å². The van der Waals surface area contributed by atoms with Crippen LogP contribution in [0.3, 0.4) is 0 Å². The molecule has 2 unspecified atom stereocenters. The number of aromatic nitrogens is 1. The first kappa shape index (κ1) is 15.8. The van der Waals surface area contributed by atoms with E-state index < -0.39 is 0 Å². The number of benzene rings is 1. The molecule has 0 fully saturated rings. The van der Waals surface area contributed by atoms with Crippen molar-refractivity contribution in [2.24, 2.45) is 5.92 Å². The summed E-state index contributed by atoms with van der Waals surface area (Å²) < 4.78 is 0. The molecular formula is C21H23NOS. The van der Waals surface area contributed by atoms with Crippen molar-refractivity contribution in [1.82, 2.24) is 4.98 Å². The Labute approximate surface area is 147 Å². The van der Waals surface area contributed by atoms with Gasteiger partial charge in [-0.2, -0.15) is 0 Å². The molecule has 1 heterocycles. The smallest absolute Gasteiger partial charge is 0.160 e. The quantitative estimate of drug-likeness (QED) is 0.781. The molecule has 0 amide bonds. The van der Waals surface area contributed by atoms with Gasteiger partial charge in [0, 0.05) is 23.3 Å². The first-order valence-corrected chi connectivity index (χ1v) is 9.82. The monoisotopic (exact) mass is 337 g/mol. The second kappa shape index (κ2) is 5.96. The third-order valence-corrected chi connectivity index (χ3v) is 6.88. The number of hydrogen-bond donors (Lipinski definition) is 0. The van der Waals surface area contributed by atoms with Crippen LogP contribution >= 0.6 is 11.3 Å². The molecule has 3 heteroatoms. The number of carbonyl (C=O) groups is 1. The van der Waals surface area contributed by atoms with Gasteiger partial charge in [0.25, 0.3) is 0 Å². The highest BCUT2D eigenvalue weighted by Gasteiger charge is 2.48. The molecule has 0 saturated heterocycles. The maximum absolute atomic E-state index is 13.2. The summed E-state index contributed by atoms with van der Waals surface area (Å²) >= 11 is 1.72. The molecule has 0 bridgehead atoms. The van der Waals surface area contributed by atoms with Crippen molar-refractivity contribution < 1.29 is 4.79 Å². The third-order valence-electron chi connectivity index (χ3n) is 5.85. The molecule has 0 N–H and O–H groups in total. The summed E-state index contributed by atoms with van der Waals surface area (Å²) in [5.41, 5.74) is 6.54. The molecule has 2 nitrogen and oxygen atoms in total. The number of hydrogen-bond acceptors (Lipinski definition) is 3. The Morgan fingerprint density at radius 2 is 2.00 bits per heavy atom. The lowest BCUT2D eigenvalue weighted by Crippen LogP contribution is -2.40. The van der Waals surface area contributed by atoms with Crippen LogP contribution in [0.15, 0.2) is 47.0 Å². The lowest BCUT2D eigenvalue weighted by Gasteiger charge is -2.42. The molecular weight excluding hydrogens is 314 g/mol. The number of Topliss-reactive ketones (excluding diaryl/α,β-unsaturated/α-hetero) is 1. The van der Waals surface area contributed by atoms with Crippen molar-refractivity contribution in [1.29, 1.82) is 0 Å². The zero-order chi connectivity index (χ0) is 16.7. The maximum Gasteiger partial charge on any atom is 0.160 e. The predicted octanol–water partition coefficient (Wildman–Crippen LogP) is 5.08. The van der Waals surface area contributed by atoms with Crippen LogP contribution in [0.25, 0.3) is 0 Å². The van der Waals surface area contributed by atoms with Gasteiger partial charge in [-0.3, -0.25) is 4.79 Å². The standard InChI is InChI=1S/C21H23NOS/c1-3-14-10-15-12-17-20(24-13-22-17)21(4-2,19(15)18(23)11-14)16-8-6-5-7-9-16/h5-9,13-14H,3-4,10-12H2,1-2H3. The number of ketones is 1. The van der Waals surface area contributed by atoms with Crippen LogP contribution in [-0.4, -0.2) is 10.8 Å². The topological polar surface area (TPSA) is 30.0 Å². The summed E-state index contributed by atoms with van der Waals surface area (Å²) in [6.45, 7) is 4.41. The Kier molecular flexibility index (Phi) is 3.92. The number of rotatable bonds is 3. The van der Waals surface area contributed by atoms with E-state index in [2.05, 4.69) is 43.1 Å². The zero-order valence-corrected chi connectivity index (χ0v) is 15.2. The molecule has 2 aliphatic carbocycles. The van der Waals surface area contributed by atoms with E-state index in [9.17, 15) is 4.79 Å². The second-order valence-corrected chi connectivity index (χ2v) is 7.87. The molecule has 0 saturated carbocycles. The third kappa shape index (κ3) is 2.14. The zero-order valence-electron chi connectivity index (χ0n) is 14.3. The normalized spacial score (nSPS) is 26.2. The van der Waals surface area contributed by atoms with Gasteiger partial charge in [0.2, 0.25) is 0 Å². The van der Waals surface area contributed by atoms with Gasteiger partial charge in [-0.15, -0.1) is 11.3 Å². The van der Waals surface area contributed by atoms with Crippen molar-refractivity contribution in [2.45, 2.75) is 51.4 Å². The molecule has 1 aromatic carbocycles. The minimum absolute atomic E-state index is 0.291. The van der Waals surface area contributed by atoms with Gasteiger partial charge in [0.05, 0.1) is 16.6 Å². The molecule has 124 valence electrons. The van der Waals surface area contributed by atoms with Gasteiger partial charge in [-0.25, -0.2) is 4.98 Å². The van der Waals surface area contributed by atoms with Gasteiger partial charge in [0.15, 0.2) is 5.78 Å². The summed E-state index contributed by atoms with van der Waals surface area (Å²) in [4.78, 5) is 19.2. The van der Waals surface area contributed by atoms with Crippen molar-refractivity contribution in [3.8, 4) is 0 Å². The van der Waals surface area contributed by atoms with Crippen LogP contribution in [0.4, 0.5) is 0 Å². The van der Waals surface area contributed by atoms with Crippen molar-refractivity contribution >= 4 is 17.1 Å². The molecule has 2 atom stereocenters.